The summed E-state index contributed by atoms with van der Waals surface area (Å²) in [6, 6.07) is 14.2. The molecule has 0 fully saturated rings. The van der Waals surface area contributed by atoms with Crippen LogP contribution in [-0.2, 0) is 4.79 Å². The van der Waals surface area contributed by atoms with Crippen LogP contribution in [0.2, 0.25) is 0 Å². The molecular weight excluding hydrogens is 302 g/mol. The zero-order valence-electron chi connectivity index (χ0n) is 12.9. The van der Waals surface area contributed by atoms with Crippen molar-refractivity contribution in [3.63, 3.8) is 0 Å². The molecule has 0 spiro atoms. The molecule has 0 aliphatic heterocycles. The van der Waals surface area contributed by atoms with Crippen molar-refractivity contribution in [1.29, 1.82) is 0 Å². The molecule has 1 aliphatic rings. The number of nitrogens with one attached hydrogen (secondary N) is 1. The van der Waals surface area contributed by atoms with E-state index in [-0.39, 0.29) is 5.78 Å². The molecule has 6 heteroatoms. The second-order valence-electron chi connectivity index (χ2n) is 5.36. The second-order valence-corrected chi connectivity index (χ2v) is 5.36. The quantitative estimate of drug-likeness (QED) is 0.511. The van der Waals surface area contributed by atoms with Crippen LogP contribution in [0.5, 0.6) is 0 Å². The molecule has 0 amide bonds. The number of allylic oxidation sites excluding steroid dienone is 2. The number of anilines is 3. The fourth-order valence-electron chi connectivity index (χ4n) is 2.19. The lowest BCUT2D eigenvalue weighted by Crippen LogP contribution is -2.22. The first kappa shape index (κ1) is 15.4. The Morgan fingerprint density at radius 2 is 1.38 bits per heavy atom. The van der Waals surface area contributed by atoms with Gasteiger partial charge in [-0.2, -0.15) is 0 Å². The lowest BCUT2D eigenvalue weighted by molar-refractivity contribution is -0.111. The van der Waals surface area contributed by atoms with Crippen LogP contribution in [0.25, 0.3) is 0 Å². The minimum absolute atomic E-state index is 0.208. The highest BCUT2D eigenvalue weighted by Crippen LogP contribution is 2.20. The van der Waals surface area contributed by atoms with Gasteiger partial charge in [0.25, 0.3) is 0 Å². The van der Waals surface area contributed by atoms with Gasteiger partial charge in [-0.1, -0.05) is 0 Å². The molecule has 0 aromatic heterocycles. The highest BCUT2D eigenvalue weighted by atomic mass is 16.1. The molecule has 24 heavy (non-hydrogen) atoms. The number of hydrogen-bond acceptors (Lipinski definition) is 6. The first-order chi connectivity index (χ1) is 11.5. The SMILES string of the molecule is NC1=CC(=O)C(Nc2ccc(N)cc2)=CC1=Nc1ccc(N)cc1. The maximum Gasteiger partial charge on any atom is 0.204 e. The number of ketones is 1. The second kappa shape index (κ2) is 6.29. The third-order valence-corrected chi connectivity index (χ3v) is 3.46. The Bertz CT molecular complexity index is 861. The molecule has 7 N–H and O–H groups in total. The summed E-state index contributed by atoms with van der Waals surface area (Å²) in [7, 11) is 0. The van der Waals surface area contributed by atoms with E-state index in [1.165, 1.54) is 6.08 Å². The number of hydrogen-bond donors (Lipinski definition) is 4. The Labute approximate surface area is 139 Å². The van der Waals surface area contributed by atoms with E-state index in [2.05, 4.69) is 10.3 Å². The smallest absolute Gasteiger partial charge is 0.204 e. The molecule has 0 unspecified atom stereocenters. The van der Waals surface area contributed by atoms with Crippen LogP contribution in [0.1, 0.15) is 0 Å². The van der Waals surface area contributed by atoms with Gasteiger partial charge in [0.1, 0.15) is 0 Å². The number of rotatable bonds is 3. The van der Waals surface area contributed by atoms with E-state index in [0.717, 1.165) is 5.69 Å². The van der Waals surface area contributed by atoms with Gasteiger partial charge in [-0.15, -0.1) is 0 Å². The molecule has 0 saturated heterocycles. The molecule has 0 bridgehead atoms. The lowest BCUT2D eigenvalue weighted by atomic mass is 10.1. The highest BCUT2D eigenvalue weighted by molar-refractivity contribution is 6.23. The minimum atomic E-state index is -0.208. The van der Waals surface area contributed by atoms with Gasteiger partial charge in [-0.25, -0.2) is 4.99 Å². The Morgan fingerprint density at radius 1 is 0.792 bits per heavy atom. The Hall–Kier alpha value is -3.54. The lowest BCUT2D eigenvalue weighted by Gasteiger charge is -2.14. The molecule has 0 heterocycles. The van der Waals surface area contributed by atoms with Gasteiger partial charge in [0, 0.05) is 23.1 Å². The largest absolute Gasteiger partial charge is 0.399 e. The first-order valence-electron chi connectivity index (χ1n) is 7.31. The molecule has 0 saturated carbocycles. The van der Waals surface area contributed by atoms with Gasteiger partial charge in [0.05, 0.1) is 22.8 Å². The summed E-state index contributed by atoms with van der Waals surface area (Å²) in [5.41, 5.74) is 21.2. The molecule has 6 nitrogen and oxygen atoms in total. The van der Waals surface area contributed by atoms with Crippen molar-refractivity contribution < 1.29 is 4.79 Å². The van der Waals surface area contributed by atoms with E-state index >= 15 is 0 Å². The fraction of sp³-hybridized carbons (Fsp3) is 0. The van der Waals surface area contributed by atoms with Gasteiger partial charge >= 0.3 is 0 Å². The zero-order chi connectivity index (χ0) is 17.1. The summed E-state index contributed by atoms with van der Waals surface area (Å²) in [4.78, 5) is 16.6. The zero-order valence-corrected chi connectivity index (χ0v) is 12.9. The van der Waals surface area contributed by atoms with Crippen LogP contribution in [0.4, 0.5) is 22.7 Å². The fourth-order valence-corrected chi connectivity index (χ4v) is 2.19. The van der Waals surface area contributed by atoms with E-state index in [0.29, 0.717) is 34.2 Å². The average Bonchev–Trinajstić information content (AvgIpc) is 2.56. The molecule has 2 aromatic carbocycles. The first-order valence-corrected chi connectivity index (χ1v) is 7.31. The Balaban J connectivity index is 1.90. The van der Waals surface area contributed by atoms with Crippen LogP contribution in [0.15, 0.2) is 77.1 Å². The predicted octanol–water partition coefficient (Wildman–Crippen LogP) is 2.34. The van der Waals surface area contributed by atoms with Crippen LogP contribution in [0, 0.1) is 0 Å². The number of nitrogens with zero attached hydrogens (tertiary/aromatic N) is 1. The van der Waals surface area contributed by atoms with Crippen LogP contribution < -0.4 is 22.5 Å². The maximum absolute atomic E-state index is 12.1. The van der Waals surface area contributed by atoms with Crippen molar-refractivity contribution in [2.24, 2.45) is 10.7 Å². The predicted molar refractivity (Wildman–Crippen MR) is 97.8 cm³/mol. The van der Waals surface area contributed by atoms with E-state index in [9.17, 15) is 4.79 Å². The average molecular weight is 319 g/mol. The number of nitrogen functional groups attached to an aromatic ring is 2. The molecule has 0 radical (unpaired) electrons. The molecule has 3 rings (SSSR count). The molecule has 1 aliphatic carbocycles. The van der Waals surface area contributed by atoms with Crippen LogP contribution in [-0.4, -0.2) is 11.5 Å². The summed E-state index contributed by atoms with van der Waals surface area (Å²) < 4.78 is 0. The third-order valence-electron chi connectivity index (χ3n) is 3.46. The number of aliphatic imine (C=N–C) groups is 1. The van der Waals surface area contributed by atoms with Crippen molar-refractivity contribution in [3.8, 4) is 0 Å². The molecular formula is C18H17N5O. The van der Waals surface area contributed by atoms with Crippen molar-refractivity contribution in [2.75, 3.05) is 16.8 Å². The van der Waals surface area contributed by atoms with Gasteiger partial charge in [-0.05, 0) is 54.6 Å². The van der Waals surface area contributed by atoms with E-state index in [1.807, 2.05) is 0 Å². The van der Waals surface area contributed by atoms with Crippen LogP contribution >= 0.6 is 0 Å². The van der Waals surface area contributed by atoms with E-state index in [1.54, 1.807) is 54.6 Å². The minimum Gasteiger partial charge on any atom is -0.399 e. The number of carbonyl (C=O) groups is 1. The maximum atomic E-state index is 12.1. The summed E-state index contributed by atoms with van der Waals surface area (Å²) in [6.07, 6.45) is 2.99. The van der Waals surface area contributed by atoms with Crippen molar-refractivity contribution >= 4 is 34.2 Å². The normalized spacial score (nSPS) is 15.8. The monoisotopic (exact) mass is 319 g/mol. The molecule has 2 aromatic rings. The summed E-state index contributed by atoms with van der Waals surface area (Å²) in [5.74, 6) is -0.208. The standard InChI is InChI=1S/C18H17N5O/c19-11-1-5-13(6-2-11)22-16-10-17(18(24)9-15(16)21)23-14-7-3-12(20)4-8-14/h1-10,23H,19-21H2. The van der Waals surface area contributed by atoms with Gasteiger partial charge in [0.2, 0.25) is 5.78 Å². The number of benzene rings is 2. The van der Waals surface area contributed by atoms with Crippen molar-refractivity contribution in [3.05, 3.63) is 72.1 Å². The summed E-state index contributed by atoms with van der Waals surface area (Å²) in [5, 5.41) is 3.06. The molecule has 0 atom stereocenters. The van der Waals surface area contributed by atoms with E-state index < -0.39 is 0 Å². The Morgan fingerprint density at radius 3 is 2.00 bits per heavy atom. The summed E-state index contributed by atoms with van der Waals surface area (Å²) in [6.45, 7) is 0. The van der Waals surface area contributed by atoms with Gasteiger partial charge in [0.15, 0.2) is 0 Å². The third kappa shape index (κ3) is 3.44. The van der Waals surface area contributed by atoms with E-state index in [4.69, 9.17) is 17.2 Å². The summed E-state index contributed by atoms with van der Waals surface area (Å²) >= 11 is 0. The topological polar surface area (TPSA) is 120 Å². The van der Waals surface area contributed by atoms with Crippen molar-refractivity contribution in [1.82, 2.24) is 0 Å². The van der Waals surface area contributed by atoms with Crippen molar-refractivity contribution in [2.45, 2.75) is 0 Å². The number of nitrogens with two attached hydrogens (primary N) is 3. The highest BCUT2D eigenvalue weighted by Gasteiger charge is 2.17. The number of carbonyl (C=O) groups excluding carboxylic acids is 1. The van der Waals surface area contributed by atoms with Gasteiger partial charge in [-0.3, -0.25) is 4.79 Å². The molecule has 120 valence electrons. The van der Waals surface area contributed by atoms with Gasteiger partial charge < -0.3 is 22.5 Å². The Kier molecular flexibility index (Phi) is 4.03. The van der Waals surface area contributed by atoms with Crippen LogP contribution in [0.3, 0.4) is 0 Å².